The van der Waals surface area contributed by atoms with Gasteiger partial charge in [-0.05, 0) is 26.0 Å². The van der Waals surface area contributed by atoms with E-state index < -0.39 is 0 Å². The molecule has 2 heterocycles. The Kier molecular flexibility index (Phi) is 1.95. The highest BCUT2D eigenvalue weighted by molar-refractivity contribution is 6.35. The molecule has 0 amide bonds. The van der Waals surface area contributed by atoms with Gasteiger partial charge in [0.1, 0.15) is 5.65 Å². The molecule has 0 unspecified atom stereocenters. The van der Waals surface area contributed by atoms with Crippen molar-refractivity contribution in [3.8, 4) is 0 Å². The molecule has 3 aromatic rings. The largest absolute Gasteiger partial charge is 0.304 e. The van der Waals surface area contributed by atoms with Crippen LogP contribution in [0.1, 0.15) is 11.4 Å². The second kappa shape index (κ2) is 3.22. The predicted molar refractivity (Wildman–Crippen MR) is 67.2 cm³/mol. The van der Waals surface area contributed by atoms with Crippen LogP contribution in [-0.2, 0) is 0 Å². The molecule has 0 spiro atoms. The number of halogens is 1. The Morgan fingerprint density at radius 2 is 1.94 bits per heavy atom. The number of pyridine rings is 1. The van der Waals surface area contributed by atoms with E-state index in [-0.39, 0.29) is 0 Å². The molecule has 0 aliphatic rings. The molecule has 3 heteroatoms. The number of hydrogen-bond donors (Lipinski definition) is 0. The highest BCUT2D eigenvalue weighted by Gasteiger charge is 2.08. The van der Waals surface area contributed by atoms with Gasteiger partial charge in [-0.15, -0.1) is 0 Å². The maximum Gasteiger partial charge on any atom is 0.145 e. The summed E-state index contributed by atoms with van der Waals surface area (Å²) in [6, 6.07) is 7.97. The quantitative estimate of drug-likeness (QED) is 0.575. The monoisotopic (exact) mass is 230 g/mol. The van der Waals surface area contributed by atoms with E-state index in [0.29, 0.717) is 0 Å². The molecule has 0 bridgehead atoms. The summed E-state index contributed by atoms with van der Waals surface area (Å²) < 4.78 is 2.11. The summed E-state index contributed by atoms with van der Waals surface area (Å²) in [4.78, 5) is 4.59. The molecule has 3 rings (SSSR count). The van der Waals surface area contributed by atoms with Gasteiger partial charge in [-0.3, -0.25) is 0 Å². The van der Waals surface area contributed by atoms with Crippen molar-refractivity contribution in [1.29, 1.82) is 0 Å². The molecule has 80 valence electrons. The highest BCUT2D eigenvalue weighted by Crippen LogP contribution is 2.27. The number of rotatable bonds is 0. The van der Waals surface area contributed by atoms with Gasteiger partial charge in [0.2, 0.25) is 0 Å². The molecule has 2 nitrogen and oxygen atoms in total. The maximum absolute atomic E-state index is 6.17. The molecule has 0 saturated heterocycles. The van der Waals surface area contributed by atoms with E-state index in [1.54, 1.807) is 0 Å². The van der Waals surface area contributed by atoms with Gasteiger partial charge in [-0.2, -0.15) is 0 Å². The third-order valence-corrected chi connectivity index (χ3v) is 3.40. The van der Waals surface area contributed by atoms with Crippen molar-refractivity contribution >= 4 is 28.0 Å². The van der Waals surface area contributed by atoms with E-state index in [1.165, 1.54) is 5.69 Å². The summed E-state index contributed by atoms with van der Waals surface area (Å²) in [5.74, 6) is 0. The molecule has 0 aliphatic heterocycles. The normalized spacial score (nSPS) is 11.4. The van der Waals surface area contributed by atoms with Gasteiger partial charge in [0.25, 0.3) is 0 Å². The fourth-order valence-electron chi connectivity index (χ4n) is 2.05. The topological polar surface area (TPSA) is 17.3 Å². The average Bonchev–Trinajstić information content (AvgIpc) is 2.56. The fraction of sp³-hybridized carbons (Fsp3) is 0.154. The summed E-state index contributed by atoms with van der Waals surface area (Å²) >= 11 is 6.17. The van der Waals surface area contributed by atoms with E-state index in [2.05, 4.69) is 22.4 Å². The molecule has 2 aromatic heterocycles. The molecule has 0 atom stereocenters. The lowest BCUT2D eigenvalue weighted by Gasteiger charge is -2.03. The third kappa shape index (κ3) is 1.17. The number of aromatic nitrogens is 2. The average molecular weight is 231 g/mol. The van der Waals surface area contributed by atoms with Crippen molar-refractivity contribution in [3.05, 3.63) is 46.9 Å². The predicted octanol–water partition coefficient (Wildman–Crippen LogP) is 3.76. The van der Waals surface area contributed by atoms with Crippen LogP contribution in [0, 0.1) is 13.8 Å². The van der Waals surface area contributed by atoms with Crippen molar-refractivity contribution in [2.45, 2.75) is 13.8 Å². The van der Waals surface area contributed by atoms with Gasteiger partial charge in [0, 0.05) is 27.7 Å². The van der Waals surface area contributed by atoms with E-state index >= 15 is 0 Å². The molecule has 0 saturated carbocycles. The minimum atomic E-state index is 0.776. The maximum atomic E-state index is 6.17. The number of fused-ring (bicyclic) bond motifs is 3. The Balaban J connectivity index is 2.60. The van der Waals surface area contributed by atoms with Crippen LogP contribution in [0.4, 0.5) is 0 Å². The van der Waals surface area contributed by atoms with Gasteiger partial charge in [0.15, 0.2) is 0 Å². The number of hydrogen-bond acceptors (Lipinski definition) is 1. The van der Waals surface area contributed by atoms with Crippen LogP contribution in [0.25, 0.3) is 16.4 Å². The van der Waals surface area contributed by atoms with Gasteiger partial charge in [-0.1, -0.05) is 23.7 Å². The third-order valence-electron chi connectivity index (χ3n) is 3.07. The summed E-state index contributed by atoms with van der Waals surface area (Å²) in [7, 11) is 0. The lowest BCUT2D eigenvalue weighted by molar-refractivity contribution is 1.10. The van der Waals surface area contributed by atoms with Crippen molar-refractivity contribution in [2.75, 3.05) is 0 Å². The van der Waals surface area contributed by atoms with Crippen molar-refractivity contribution in [1.82, 2.24) is 9.38 Å². The highest BCUT2D eigenvalue weighted by atomic mass is 35.5. The van der Waals surface area contributed by atoms with Gasteiger partial charge < -0.3 is 4.40 Å². The molecule has 0 radical (unpaired) electrons. The number of benzene rings is 1. The lowest BCUT2D eigenvalue weighted by atomic mass is 10.2. The summed E-state index contributed by atoms with van der Waals surface area (Å²) in [5, 5.41) is 2.94. The lowest BCUT2D eigenvalue weighted by Crippen LogP contribution is -1.88. The van der Waals surface area contributed by atoms with Crippen molar-refractivity contribution in [2.24, 2.45) is 0 Å². The Hall–Kier alpha value is -1.54. The van der Waals surface area contributed by atoms with Gasteiger partial charge >= 0.3 is 0 Å². The zero-order valence-corrected chi connectivity index (χ0v) is 9.92. The zero-order valence-electron chi connectivity index (χ0n) is 9.16. The molecule has 0 aliphatic carbocycles. The van der Waals surface area contributed by atoms with Crippen LogP contribution in [0.2, 0.25) is 5.02 Å². The first-order valence-electron chi connectivity index (χ1n) is 5.21. The SMILES string of the molecule is Cc1nc2c3cccc(Cl)c3ccn2c1C. The second-order valence-electron chi connectivity index (χ2n) is 3.99. The molecule has 1 aromatic carbocycles. The van der Waals surface area contributed by atoms with Crippen LogP contribution in [-0.4, -0.2) is 9.38 Å². The summed E-state index contributed by atoms with van der Waals surface area (Å²) in [6.07, 6.45) is 2.03. The number of imidazole rings is 1. The van der Waals surface area contributed by atoms with Crippen LogP contribution < -0.4 is 0 Å². The van der Waals surface area contributed by atoms with Crippen molar-refractivity contribution in [3.63, 3.8) is 0 Å². The molecular weight excluding hydrogens is 220 g/mol. The molecule has 0 N–H and O–H groups in total. The van der Waals surface area contributed by atoms with Gasteiger partial charge in [-0.25, -0.2) is 4.98 Å². The Morgan fingerprint density at radius 3 is 2.75 bits per heavy atom. The minimum Gasteiger partial charge on any atom is -0.304 e. The fourth-order valence-corrected chi connectivity index (χ4v) is 2.29. The second-order valence-corrected chi connectivity index (χ2v) is 4.40. The number of nitrogens with zero attached hydrogens (tertiary/aromatic N) is 2. The summed E-state index contributed by atoms with van der Waals surface area (Å²) in [5.41, 5.74) is 3.22. The Labute approximate surface area is 98.5 Å². The smallest absolute Gasteiger partial charge is 0.145 e. The van der Waals surface area contributed by atoms with Crippen LogP contribution in [0.5, 0.6) is 0 Å². The zero-order chi connectivity index (χ0) is 11.3. The van der Waals surface area contributed by atoms with E-state index in [1.807, 2.05) is 31.3 Å². The van der Waals surface area contributed by atoms with Crippen molar-refractivity contribution < 1.29 is 0 Å². The van der Waals surface area contributed by atoms with E-state index in [4.69, 9.17) is 11.6 Å². The summed E-state index contributed by atoms with van der Waals surface area (Å²) in [6.45, 7) is 4.10. The number of aryl methyl sites for hydroxylation is 2. The van der Waals surface area contributed by atoms with E-state index in [9.17, 15) is 0 Å². The minimum absolute atomic E-state index is 0.776. The molecule has 16 heavy (non-hydrogen) atoms. The first-order valence-corrected chi connectivity index (χ1v) is 5.59. The first kappa shape index (κ1) is 9.67. The van der Waals surface area contributed by atoms with Crippen LogP contribution in [0.3, 0.4) is 0 Å². The Morgan fingerprint density at radius 1 is 1.12 bits per heavy atom. The Bertz CT molecular complexity index is 698. The van der Waals surface area contributed by atoms with Crippen LogP contribution in [0.15, 0.2) is 30.5 Å². The standard InChI is InChI=1S/C13H11ClN2/c1-8-9(2)16-7-6-10-11(13(16)15-8)4-3-5-12(10)14/h3-7H,1-2H3. The van der Waals surface area contributed by atoms with Gasteiger partial charge in [0.05, 0.1) is 5.69 Å². The molecule has 0 fully saturated rings. The van der Waals surface area contributed by atoms with Crippen LogP contribution >= 0.6 is 11.6 Å². The molecular formula is C13H11ClN2. The van der Waals surface area contributed by atoms with E-state index in [0.717, 1.165) is 27.1 Å². The first-order chi connectivity index (χ1) is 7.68.